The van der Waals surface area contributed by atoms with Gasteiger partial charge in [-0.2, -0.15) is 4.80 Å². The zero-order valence-corrected chi connectivity index (χ0v) is 13.5. The highest BCUT2D eigenvalue weighted by Crippen LogP contribution is 2.19. The fraction of sp³-hybridized carbons (Fsp3) is 0.176. The second-order valence-electron chi connectivity index (χ2n) is 5.58. The van der Waals surface area contributed by atoms with Gasteiger partial charge in [0.15, 0.2) is 0 Å². The van der Waals surface area contributed by atoms with Gasteiger partial charge in [0.25, 0.3) is 0 Å². The van der Waals surface area contributed by atoms with E-state index in [0.717, 1.165) is 22.4 Å². The van der Waals surface area contributed by atoms with Gasteiger partial charge in [-0.05, 0) is 54.5 Å². The number of tetrazole rings is 1. The fourth-order valence-electron chi connectivity index (χ4n) is 2.38. The standard InChI is InChI=1S/C17H18N6O/c1-11-4-3-5-12(2)16(11)19-15(24)10-23-21-17(20-22-23)13-6-8-14(18)9-7-13/h3-9H,10,18H2,1-2H3,(H,19,24). The maximum Gasteiger partial charge on any atom is 0.248 e. The van der Waals surface area contributed by atoms with Crippen molar-refractivity contribution in [2.75, 3.05) is 11.1 Å². The van der Waals surface area contributed by atoms with Gasteiger partial charge in [0.05, 0.1) is 0 Å². The van der Waals surface area contributed by atoms with Crippen molar-refractivity contribution in [3.63, 3.8) is 0 Å². The van der Waals surface area contributed by atoms with Crippen LogP contribution >= 0.6 is 0 Å². The summed E-state index contributed by atoms with van der Waals surface area (Å²) in [5.41, 5.74) is 9.97. The topological polar surface area (TPSA) is 98.7 Å². The van der Waals surface area contributed by atoms with Crippen LogP contribution in [0.25, 0.3) is 11.4 Å². The molecule has 0 saturated carbocycles. The van der Waals surface area contributed by atoms with Gasteiger partial charge in [-0.3, -0.25) is 4.79 Å². The van der Waals surface area contributed by atoms with Gasteiger partial charge >= 0.3 is 0 Å². The Labute approximate surface area is 139 Å². The SMILES string of the molecule is Cc1cccc(C)c1NC(=O)Cn1nnc(-c2ccc(N)cc2)n1. The molecule has 0 unspecified atom stereocenters. The van der Waals surface area contributed by atoms with E-state index in [4.69, 9.17) is 5.73 Å². The van der Waals surface area contributed by atoms with E-state index in [-0.39, 0.29) is 12.5 Å². The normalized spacial score (nSPS) is 10.6. The molecule has 0 bridgehead atoms. The third-order valence-corrected chi connectivity index (χ3v) is 3.65. The molecule has 1 aromatic heterocycles. The molecule has 0 atom stereocenters. The number of hydrogen-bond donors (Lipinski definition) is 2. The van der Waals surface area contributed by atoms with E-state index in [1.165, 1.54) is 4.80 Å². The number of nitrogens with two attached hydrogens (primary N) is 1. The third kappa shape index (κ3) is 3.40. The van der Waals surface area contributed by atoms with E-state index in [1.807, 2.05) is 44.2 Å². The average molecular weight is 322 g/mol. The number of benzene rings is 2. The highest BCUT2D eigenvalue weighted by Gasteiger charge is 2.11. The minimum Gasteiger partial charge on any atom is -0.399 e. The molecule has 3 rings (SSSR count). The first-order valence-electron chi connectivity index (χ1n) is 7.53. The van der Waals surface area contributed by atoms with E-state index in [1.54, 1.807) is 12.1 Å². The first-order chi connectivity index (χ1) is 11.5. The zero-order chi connectivity index (χ0) is 17.1. The van der Waals surface area contributed by atoms with Crippen molar-refractivity contribution in [3.05, 3.63) is 53.6 Å². The maximum absolute atomic E-state index is 12.2. The molecule has 0 spiro atoms. The number of para-hydroxylation sites is 1. The van der Waals surface area contributed by atoms with Crippen LogP contribution in [0.5, 0.6) is 0 Å². The number of nitrogens with one attached hydrogen (secondary N) is 1. The molecule has 7 nitrogen and oxygen atoms in total. The summed E-state index contributed by atoms with van der Waals surface area (Å²) in [6, 6.07) is 13.0. The van der Waals surface area contributed by atoms with E-state index in [2.05, 4.69) is 20.7 Å². The summed E-state index contributed by atoms with van der Waals surface area (Å²) in [6.45, 7) is 3.90. The third-order valence-electron chi connectivity index (χ3n) is 3.65. The van der Waals surface area contributed by atoms with E-state index >= 15 is 0 Å². The van der Waals surface area contributed by atoms with Crippen LogP contribution in [0.2, 0.25) is 0 Å². The number of anilines is 2. The van der Waals surface area contributed by atoms with Crippen LogP contribution in [-0.2, 0) is 11.3 Å². The quantitative estimate of drug-likeness (QED) is 0.717. The van der Waals surface area contributed by atoms with Gasteiger partial charge in [-0.15, -0.1) is 10.2 Å². The molecule has 0 aliphatic carbocycles. The van der Waals surface area contributed by atoms with Crippen molar-refractivity contribution in [3.8, 4) is 11.4 Å². The van der Waals surface area contributed by atoms with Crippen LogP contribution in [0.1, 0.15) is 11.1 Å². The summed E-state index contributed by atoms with van der Waals surface area (Å²) in [6.07, 6.45) is 0. The highest BCUT2D eigenvalue weighted by atomic mass is 16.2. The lowest BCUT2D eigenvalue weighted by Gasteiger charge is -2.10. The van der Waals surface area contributed by atoms with Crippen molar-refractivity contribution >= 4 is 17.3 Å². The van der Waals surface area contributed by atoms with Crippen LogP contribution in [0.15, 0.2) is 42.5 Å². The Kier molecular flexibility index (Phi) is 4.24. The molecule has 0 saturated heterocycles. The molecule has 0 radical (unpaired) electrons. The lowest BCUT2D eigenvalue weighted by Crippen LogP contribution is -2.21. The van der Waals surface area contributed by atoms with Crippen molar-refractivity contribution < 1.29 is 4.79 Å². The number of aryl methyl sites for hydroxylation is 2. The molecule has 2 aromatic carbocycles. The lowest BCUT2D eigenvalue weighted by atomic mass is 10.1. The highest BCUT2D eigenvalue weighted by molar-refractivity contribution is 5.92. The van der Waals surface area contributed by atoms with Crippen molar-refractivity contribution in [2.24, 2.45) is 0 Å². The summed E-state index contributed by atoms with van der Waals surface area (Å²) < 4.78 is 0. The molecule has 0 aliphatic heterocycles. The summed E-state index contributed by atoms with van der Waals surface area (Å²) in [5.74, 6) is 0.253. The molecule has 3 aromatic rings. The molecule has 7 heteroatoms. The van der Waals surface area contributed by atoms with Crippen LogP contribution < -0.4 is 11.1 Å². The Morgan fingerprint density at radius 1 is 1.12 bits per heavy atom. The molecule has 1 heterocycles. The monoisotopic (exact) mass is 322 g/mol. The lowest BCUT2D eigenvalue weighted by molar-refractivity contribution is -0.117. The molecule has 0 fully saturated rings. The number of rotatable bonds is 4. The van der Waals surface area contributed by atoms with Gasteiger partial charge in [0.2, 0.25) is 11.7 Å². The maximum atomic E-state index is 12.2. The molecule has 3 N–H and O–H groups in total. The molecular formula is C17H18N6O. The van der Waals surface area contributed by atoms with Crippen molar-refractivity contribution in [2.45, 2.75) is 20.4 Å². The zero-order valence-electron chi connectivity index (χ0n) is 13.5. The smallest absolute Gasteiger partial charge is 0.248 e. The second-order valence-corrected chi connectivity index (χ2v) is 5.58. The summed E-state index contributed by atoms with van der Waals surface area (Å²) in [7, 11) is 0. The van der Waals surface area contributed by atoms with Crippen LogP contribution in [0.4, 0.5) is 11.4 Å². The van der Waals surface area contributed by atoms with Gasteiger partial charge in [0.1, 0.15) is 6.54 Å². The molecule has 24 heavy (non-hydrogen) atoms. The molecule has 0 aliphatic rings. The Morgan fingerprint density at radius 2 is 1.79 bits per heavy atom. The first kappa shape index (κ1) is 15.7. The van der Waals surface area contributed by atoms with Gasteiger partial charge in [-0.25, -0.2) is 0 Å². The Morgan fingerprint density at radius 3 is 2.46 bits per heavy atom. The minimum absolute atomic E-state index is 0.00422. The Bertz CT molecular complexity index is 849. The number of aromatic nitrogens is 4. The van der Waals surface area contributed by atoms with E-state index in [9.17, 15) is 4.79 Å². The largest absolute Gasteiger partial charge is 0.399 e. The number of nitrogen functional groups attached to an aromatic ring is 1. The predicted molar refractivity (Wildman–Crippen MR) is 92.2 cm³/mol. The summed E-state index contributed by atoms with van der Waals surface area (Å²) in [4.78, 5) is 13.5. The average Bonchev–Trinajstić information content (AvgIpc) is 3.00. The summed E-state index contributed by atoms with van der Waals surface area (Å²) in [5, 5.41) is 15.0. The van der Waals surface area contributed by atoms with Gasteiger partial charge < -0.3 is 11.1 Å². The van der Waals surface area contributed by atoms with Crippen molar-refractivity contribution in [1.29, 1.82) is 0 Å². The Hall–Kier alpha value is -3.22. The fourth-order valence-corrected chi connectivity index (χ4v) is 2.38. The number of amides is 1. The van der Waals surface area contributed by atoms with Crippen LogP contribution in [-0.4, -0.2) is 26.1 Å². The number of nitrogens with zero attached hydrogens (tertiary/aromatic N) is 4. The molecule has 1 amide bonds. The van der Waals surface area contributed by atoms with Crippen LogP contribution in [0, 0.1) is 13.8 Å². The summed E-state index contributed by atoms with van der Waals surface area (Å²) >= 11 is 0. The molecule has 122 valence electrons. The van der Waals surface area contributed by atoms with E-state index in [0.29, 0.717) is 11.5 Å². The number of carbonyl (C=O) groups excluding carboxylic acids is 1. The van der Waals surface area contributed by atoms with Gasteiger partial charge in [0, 0.05) is 16.9 Å². The Balaban J connectivity index is 1.70. The van der Waals surface area contributed by atoms with Crippen molar-refractivity contribution in [1.82, 2.24) is 20.2 Å². The van der Waals surface area contributed by atoms with Crippen LogP contribution in [0.3, 0.4) is 0 Å². The first-order valence-corrected chi connectivity index (χ1v) is 7.53. The molecular weight excluding hydrogens is 304 g/mol. The number of hydrogen-bond acceptors (Lipinski definition) is 5. The number of carbonyl (C=O) groups is 1. The second kappa shape index (κ2) is 6.49. The predicted octanol–water partition coefficient (Wildman–Crippen LogP) is 2.18. The minimum atomic E-state index is -0.200. The van der Waals surface area contributed by atoms with E-state index < -0.39 is 0 Å². The van der Waals surface area contributed by atoms with Gasteiger partial charge in [-0.1, -0.05) is 18.2 Å².